The zero-order valence-corrected chi connectivity index (χ0v) is 3.56. The molecule has 0 spiro atoms. The third kappa shape index (κ3) is 10.8. The van der Waals surface area contributed by atoms with Crippen molar-refractivity contribution in [1.29, 1.82) is 0 Å². The predicted octanol–water partition coefficient (Wildman–Crippen LogP) is -0.0735. The van der Waals surface area contributed by atoms with Crippen LogP contribution in [0.3, 0.4) is 0 Å². The van der Waals surface area contributed by atoms with Crippen LogP contribution in [-0.4, -0.2) is 24.7 Å². The molecule has 0 fully saturated rings. The maximum atomic E-state index is 9.54. The Morgan fingerprint density at radius 3 is 2.29 bits per heavy atom. The largest absolute Gasteiger partial charge is 0.480 e. The second-order valence-corrected chi connectivity index (χ2v) is 0.924. The van der Waals surface area contributed by atoms with Crippen molar-refractivity contribution < 1.29 is 9.90 Å². The normalized spacial score (nSPS) is 7.00. The minimum absolute atomic E-state index is 0. The van der Waals surface area contributed by atoms with E-state index in [1.807, 2.05) is 0 Å². The lowest BCUT2D eigenvalue weighted by atomic mass is 10.7. The van der Waals surface area contributed by atoms with Crippen LogP contribution < -0.4 is 5.32 Å². The summed E-state index contributed by atoms with van der Waals surface area (Å²) >= 11 is 0. The summed E-state index contributed by atoms with van der Waals surface area (Å²) in [6, 6.07) is 0. The van der Waals surface area contributed by atoms with Gasteiger partial charge in [0.2, 0.25) is 0 Å². The third-order valence-electron chi connectivity index (χ3n) is 0.328. The molecule has 0 aliphatic heterocycles. The van der Waals surface area contributed by atoms with Crippen LogP contribution in [0, 0.1) is 0 Å². The molecule has 0 radical (unpaired) electrons. The van der Waals surface area contributed by atoms with Gasteiger partial charge in [-0.15, -0.1) is 0 Å². The molecule has 0 unspecified atom stereocenters. The highest BCUT2D eigenvalue weighted by Crippen LogP contribution is 1.50. The number of hydrogen-bond acceptors (Lipinski definition) is 2. The first kappa shape index (κ1) is 9.66. The van der Waals surface area contributed by atoms with E-state index < -0.39 is 5.97 Å². The van der Waals surface area contributed by atoms with E-state index in [4.69, 9.17) is 5.11 Å². The fourth-order valence-corrected chi connectivity index (χ4v) is 0.151. The van der Waals surface area contributed by atoms with Gasteiger partial charge < -0.3 is 10.4 Å². The summed E-state index contributed by atoms with van der Waals surface area (Å²) in [6.45, 7) is 0.0417. The number of nitrogens with one attached hydrogen (secondary N) is 1. The number of carboxylic acids is 1. The Morgan fingerprint density at radius 1 is 1.86 bits per heavy atom. The number of rotatable bonds is 2. The first-order valence-corrected chi connectivity index (χ1v) is 1.63. The lowest BCUT2D eigenvalue weighted by Crippen LogP contribution is -2.16. The first-order valence-electron chi connectivity index (χ1n) is 1.63. The number of carbonyl (C=O) groups is 1. The topological polar surface area (TPSA) is 49.3 Å². The molecule has 0 aliphatic rings. The molecule has 0 rings (SSSR count). The Hall–Kier alpha value is -0.570. The first-order chi connectivity index (χ1) is 2.77. The minimum atomic E-state index is -0.822. The van der Waals surface area contributed by atoms with Crippen LogP contribution in [-0.2, 0) is 4.79 Å². The predicted molar refractivity (Wildman–Crippen MR) is 28.3 cm³/mol. The highest BCUT2D eigenvalue weighted by molar-refractivity contribution is 5.68. The maximum absolute atomic E-state index is 9.54. The van der Waals surface area contributed by atoms with Gasteiger partial charge in [-0.3, -0.25) is 4.79 Å². The van der Waals surface area contributed by atoms with Crippen molar-refractivity contribution in [3.05, 3.63) is 0 Å². The van der Waals surface area contributed by atoms with Crippen LogP contribution in [0.5, 0.6) is 0 Å². The van der Waals surface area contributed by atoms with Crippen LogP contribution >= 0.6 is 0 Å². The molecule has 2 N–H and O–H groups in total. The van der Waals surface area contributed by atoms with E-state index in [0.29, 0.717) is 0 Å². The van der Waals surface area contributed by atoms with Gasteiger partial charge in [0.05, 0.1) is 6.54 Å². The number of aliphatic carboxylic acids is 1. The molecule has 0 bridgehead atoms. The molecule has 3 nitrogen and oxygen atoms in total. The highest BCUT2D eigenvalue weighted by atomic mass is 16.4. The zero-order valence-electron chi connectivity index (χ0n) is 3.56. The molecule has 0 aromatic heterocycles. The molecular weight excluding hydrogens is 94.0 g/mol. The van der Waals surface area contributed by atoms with E-state index in [2.05, 4.69) is 5.32 Å². The molecule has 0 atom stereocenters. The fourth-order valence-electron chi connectivity index (χ4n) is 0.151. The summed E-state index contributed by atoms with van der Waals surface area (Å²) in [6.07, 6.45) is 0. The van der Waals surface area contributed by atoms with Gasteiger partial charge >= 0.3 is 5.97 Å². The highest BCUT2D eigenvalue weighted by Gasteiger charge is 1.86. The van der Waals surface area contributed by atoms with Crippen LogP contribution in [0.1, 0.15) is 7.43 Å². The van der Waals surface area contributed by atoms with E-state index in [1.165, 1.54) is 0 Å². The van der Waals surface area contributed by atoms with Crippen molar-refractivity contribution in [1.82, 2.24) is 5.32 Å². The van der Waals surface area contributed by atoms with Gasteiger partial charge in [-0.25, -0.2) is 0 Å². The Bertz CT molecular complexity index is 53.7. The second kappa shape index (κ2) is 5.43. The van der Waals surface area contributed by atoms with Crippen molar-refractivity contribution in [2.24, 2.45) is 0 Å². The van der Waals surface area contributed by atoms with Gasteiger partial charge in [0.1, 0.15) is 0 Å². The molecule has 0 aliphatic carbocycles. The average Bonchev–Trinajstić information content (AvgIpc) is 1.35. The van der Waals surface area contributed by atoms with Crippen molar-refractivity contribution in [2.75, 3.05) is 13.6 Å². The lowest BCUT2D eigenvalue weighted by Gasteiger charge is -1.84. The fraction of sp³-hybridized carbons (Fsp3) is 0.750. The van der Waals surface area contributed by atoms with Crippen LogP contribution in [0.25, 0.3) is 0 Å². The average molecular weight is 105 g/mol. The summed E-state index contributed by atoms with van der Waals surface area (Å²) in [5.41, 5.74) is 0. The molecule has 0 saturated carbocycles. The van der Waals surface area contributed by atoms with E-state index in [0.717, 1.165) is 0 Å². The molecule has 0 heterocycles. The standard InChI is InChI=1S/C3H7NO2.CH4/c1-4-2-3(5)6;/h4H,2H2,1H3,(H,5,6);1H4. The number of carboxylic acid groups (broad SMARTS) is 1. The summed E-state index contributed by atoms with van der Waals surface area (Å²) in [5, 5.41) is 10.3. The quantitative estimate of drug-likeness (QED) is 0.516. The Kier molecular flexibility index (Phi) is 7.49. The summed E-state index contributed by atoms with van der Waals surface area (Å²) in [5.74, 6) is -0.822. The van der Waals surface area contributed by atoms with Gasteiger partial charge in [-0.05, 0) is 7.05 Å². The monoisotopic (exact) mass is 105 g/mol. The van der Waals surface area contributed by atoms with Crippen molar-refractivity contribution in [3.8, 4) is 0 Å². The molecular formula is C4H11NO2. The number of hydrogen-bond donors (Lipinski definition) is 2. The van der Waals surface area contributed by atoms with E-state index in [-0.39, 0.29) is 14.0 Å². The second-order valence-electron chi connectivity index (χ2n) is 0.924. The molecule has 7 heavy (non-hydrogen) atoms. The summed E-state index contributed by atoms with van der Waals surface area (Å²) in [7, 11) is 1.59. The zero-order chi connectivity index (χ0) is 4.99. The van der Waals surface area contributed by atoms with Gasteiger partial charge in [0.15, 0.2) is 0 Å². The van der Waals surface area contributed by atoms with E-state index in [9.17, 15) is 4.79 Å². The van der Waals surface area contributed by atoms with Crippen LogP contribution in [0.15, 0.2) is 0 Å². The van der Waals surface area contributed by atoms with Crippen molar-refractivity contribution >= 4 is 5.97 Å². The van der Waals surface area contributed by atoms with E-state index in [1.54, 1.807) is 7.05 Å². The summed E-state index contributed by atoms with van der Waals surface area (Å²) in [4.78, 5) is 9.54. The van der Waals surface area contributed by atoms with E-state index >= 15 is 0 Å². The smallest absolute Gasteiger partial charge is 0.317 e. The van der Waals surface area contributed by atoms with Gasteiger partial charge in [0.25, 0.3) is 0 Å². The van der Waals surface area contributed by atoms with Gasteiger partial charge in [-0.1, -0.05) is 7.43 Å². The molecule has 0 saturated heterocycles. The molecule has 3 heteroatoms. The SMILES string of the molecule is C.CNCC(=O)O. The molecule has 0 amide bonds. The minimum Gasteiger partial charge on any atom is -0.480 e. The van der Waals surface area contributed by atoms with Crippen LogP contribution in [0.4, 0.5) is 0 Å². The Morgan fingerprint density at radius 2 is 2.29 bits per heavy atom. The van der Waals surface area contributed by atoms with Crippen molar-refractivity contribution in [2.45, 2.75) is 7.43 Å². The summed E-state index contributed by atoms with van der Waals surface area (Å²) < 4.78 is 0. The Labute approximate surface area is 43.3 Å². The molecule has 0 aromatic carbocycles. The number of likely N-dealkylation sites (N-methyl/N-ethyl adjacent to an activating group) is 1. The maximum Gasteiger partial charge on any atom is 0.317 e. The van der Waals surface area contributed by atoms with Gasteiger partial charge in [0, 0.05) is 0 Å². The third-order valence-corrected chi connectivity index (χ3v) is 0.328. The molecule has 44 valence electrons. The Balaban J connectivity index is 0. The van der Waals surface area contributed by atoms with Crippen molar-refractivity contribution in [3.63, 3.8) is 0 Å². The van der Waals surface area contributed by atoms with Crippen LogP contribution in [0.2, 0.25) is 0 Å². The van der Waals surface area contributed by atoms with Gasteiger partial charge in [-0.2, -0.15) is 0 Å². The lowest BCUT2D eigenvalue weighted by molar-refractivity contribution is -0.135. The molecule has 0 aromatic rings.